The number of hydrogen-bond donors (Lipinski definition) is 4. The van der Waals surface area contributed by atoms with Crippen LogP contribution in [0.3, 0.4) is 0 Å². The summed E-state index contributed by atoms with van der Waals surface area (Å²) >= 11 is 0. The molecule has 13 heteroatoms. The summed E-state index contributed by atoms with van der Waals surface area (Å²) in [6.45, 7) is -0.0738. The second-order valence-electron chi connectivity index (χ2n) is 10.9. The van der Waals surface area contributed by atoms with Crippen LogP contribution in [0.1, 0.15) is 77.1 Å². The molecule has 240 valence electrons. The van der Waals surface area contributed by atoms with E-state index >= 15 is 0 Å². The number of anilines is 2. The summed E-state index contributed by atoms with van der Waals surface area (Å²) in [6.07, 6.45) is -4.81. The largest absolute Gasteiger partial charge is 0.481 e. The number of rotatable bonds is 9. The van der Waals surface area contributed by atoms with Crippen molar-refractivity contribution in [3.8, 4) is 0 Å². The third-order valence-electron chi connectivity index (χ3n) is 7.58. The van der Waals surface area contributed by atoms with Gasteiger partial charge in [-0.1, -0.05) is 43.5 Å². The third kappa shape index (κ3) is 9.22. The van der Waals surface area contributed by atoms with Crippen molar-refractivity contribution in [3.63, 3.8) is 0 Å². The fourth-order valence-corrected chi connectivity index (χ4v) is 5.22. The van der Waals surface area contributed by atoms with Crippen LogP contribution in [0, 0.1) is 5.41 Å². The molecule has 0 atom stereocenters. The number of nitrogens with zero attached hydrogens (tertiary/aromatic N) is 1. The molecule has 0 heterocycles. The first-order valence-corrected chi connectivity index (χ1v) is 14.3. The van der Waals surface area contributed by atoms with Crippen molar-refractivity contribution in [3.05, 3.63) is 94.5 Å². The zero-order chi connectivity index (χ0) is 32.8. The lowest BCUT2D eigenvalue weighted by Gasteiger charge is -2.28. The lowest BCUT2D eigenvalue weighted by atomic mass is 9.84. The van der Waals surface area contributed by atoms with E-state index in [1.807, 2.05) is 12.1 Å². The topological polar surface area (TPSA) is 106 Å². The van der Waals surface area contributed by atoms with Gasteiger partial charge in [-0.25, -0.2) is 0 Å². The number of alkyl halides is 6. The highest BCUT2D eigenvalue weighted by molar-refractivity contribution is 6.03. The van der Waals surface area contributed by atoms with E-state index in [0.717, 1.165) is 31.2 Å². The number of guanidine groups is 1. The van der Waals surface area contributed by atoms with E-state index in [2.05, 4.69) is 10.6 Å². The molecule has 4 rings (SSSR count). The summed E-state index contributed by atoms with van der Waals surface area (Å²) < 4.78 is 80.7. The molecule has 1 saturated carbocycles. The smallest absolute Gasteiger partial charge is 0.416 e. The highest BCUT2D eigenvalue weighted by atomic mass is 19.4. The monoisotopic (exact) mass is 634 g/mol. The number of halogens is 6. The van der Waals surface area contributed by atoms with E-state index in [1.54, 1.807) is 24.3 Å². The molecule has 3 aromatic rings. The van der Waals surface area contributed by atoms with Gasteiger partial charge in [0.1, 0.15) is 0 Å². The molecule has 4 N–H and O–H groups in total. The molecule has 1 amide bonds. The zero-order valence-corrected chi connectivity index (χ0v) is 24.1. The summed E-state index contributed by atoms with van der Waals surface area (Å²) in [5, 5.41) is 22.4. The first-order chi connectivity index (χ1) is 21.2. The van der Waals surface area contributed by atoms with Crippen molar-refractivity contribution < 1.29 is 41.0 Å². The Morgan fingerprint density at radius 2 is 1.42 bits per heavy atom. The molecule has 0 aromatic heterocycles. The fourth-order valence-electron chi connectivity index (χ4n) is 5.22. The number of carbonyl (C=O) groups is 2. The lowest BCUT2D eigenvalue weighted by molar-refractivity contribution is -0.143. The van der Waals surface area contributed by atoms with Crippen molar-refractivity contribution in [2.75, 3.05) is 16.8 Å². The van der Waals surface area contributed by atoms with E-state index in [0.29, 0.717) is 29.3 Å². The molecular weight excluding hydrogens is 602 g/mol. The predicted molar refractivity (Wildman–Crippen MR) is 157 cm³/mol. The number of aliphatic carboxylic acids is 1. The molecule has 0 unspecified atom stereocenters. The van der Waals surface area contributed by atoms with Crippen LogP contribution in [0.15, 0.2) is 66.7 Å². The minimum atomic E-state index is -5.05. The van der Waals surface area contributed by atoms with Gasteiger partial charge in [-0.2, -0.15) is 26.3 Å². The van der Waals surface area contributed by atoms with Gasteiger partial charge in [-0.15, -0.1) is 0 Å². The van der Waals surface area contributed by atoms with E-state index in [4.69, 9.17) is 10.5 Å². The van der Waals surface area contributed by atoms with Gasteiger partial charge in [0.25, 0.3) is 5.91 Å². The third-order valence-corrected chi connectivity index (χ3v) is 7.58. The van der Waals surface area contributed by atoms with Crippen LogP contribution in [0.4, 0.5) is 37.7 Å². The number of amides is 1. The molecule has 0 radical (unpaired) electrons. The molecule has 0 spiro atoms. The quantitative estimate of drug-likeness (QED) is 0.108. The standard InChI is InChI=1S/C32H32F6N4O3/c33-31(34,35)24-16-25(32(36,37)38)18-26(17-24)41-30(39)42(27-12-10-22(11-13-27)21-4-2-1-3-5-21)19-20-6-8-23(9-7-20)29(45)40-15-14-28(43)44/h6-13,16-18,21H,1-5,14-15,19H2,(H2,39,41)(H,40,45)(H,43,44). The van der Waals surface area contributed by atoms with Gasteiger partial charge >= 0.3 is 18.3 Å². The Morgan fingerprint density at radius 1 is 0.844 bits per heavy atom. The first kappa shape index (κ1) is 33.3. The first-order valence-electron chi connectivity index (χ1n) is 14.3. The van der Waals surface area contributed by atoms with Gasteiger partial charge in [0.15, 0.2) is 5.96 Å². The van der Waals surface area contributed by atoms with Crippen molar-refractivity contribution >= 4 is 29.2 Å². The molecule has 3 aromatic carbocycles. The molecule has 1 aliphatic rings. The normalized spacial score (nSPS) is 14.1. The molecule has 7 nitrogen and oxygen atoms in total. The number of carboxylic acids is 1. The molecule has 45 heavy (non-hydrogen) atoms. The van der Waals surface area contributed by atoms with Crippen LogP contribution in [0.5, 0.6) is 0 Å². The van der Waals surface area contributed by atoms with Crippen LogP contribution in [-0.2, 0) is 23.7 Å². The van der Waals surface area contributed by atoms with E-state index < -0.39 is 47.0 Å². The SMILES string of the molecule is N=C(Nc1cc(C(F)(F)F)cc(C(F)(F)F)c1)N(Cc1ccc(C(=O)NCCC(=O)O)cc1)c1ccc(C2CCCCC2)cc1. The number of carbonyl (C=O) groups excluding carboxylic acids is 1. The number of nitrogens with one attached hydrogen (secondary N) is 3. The van der Waals surface area contributed by atoms with Gasteiger partial charge in [-0.3, -0.25) is 15.0 Å². The van der Waals surface area contributed by atoms with Gasteiger partial charge < -0.3 is 20.6 Å². The lowest BCUT2D eigenvalue weighted by Crippen LogP contribution is -2.35. The van der Waals surface area contributed by atoms with Crippen molar-refractivity contribution in [2.45, 2.75) is 63.3 Å². The highest BCUT2D eigenvalue weighted by Gasteiger charge is 2.37. The van der Waals surface area contributed by atoms with Crippen molar-refractivity contribution in [1.29, 1.82) is 5.41 Å². The van der Waals surface area contributed by atoms with Crippen LogP contribution in [0.2, 0.25) is 0 Å². The minimum absolute atomic E-state index is 0.0133. The molecule has 0 saturated heterocycles. The predicted octanol–water partition coefficient (Wildman–Crippen LogP) is 8.03. The Hall–Kier alpha value is -4.55. The van der Waals surface area contributed by atoms with Crippen LogP contribution >= 0.6 is 0 Å². The minimum Gasteiger partial charge on any atom is -0.481 e. The maximum absolute atomic E-state index is 13.5. The maximum Gasteiger partial charge on any atom is 0.416 e. The van der Waals surface area contributed by atoms with Gasteiger partial charge in [-0.05, 0) is 72.4 Å². The fraction of sp³-hybridized carbons (Fsp3) is 0.344. The van der Waals surface area contributed by atoms with Crippen molar-refractivity contribution in [1.82, 2.24) is 5.32 Å². The van der Waals surface area contributed by atoms with Crippen LogP contribution in [-0.4, -0.2) is 29.5 Å². The molecule has 0 bridgehead atoms. The zero-order valence-electron chi connectivity index (χ0n) is 24.1. The molecular formula is C32H32F6N4O3. The Bertz CT molecular complexity index is 1470. The summed E-state index contributed by atoms with van der Waals surface area (Å²) in [7, 11) is 0. The molecule has 1 fully saturated rings. The van der Waals surface area contributed by atoms with Crippen LogP contribution in [0.25, 0.3) is 0 Å². The van der Waals surface area contributed by atoms with E-state index in [-0.39, 0.29) is 31.1 Å². The van der Waals surface area contributed by atoms with E-state index in [1.165, 1.54) is 23.5 Å². The summed E-state index contributed by atoms with van der Waals surface area (Å²) in [6, 6.07) is 14.6. The number of carboxylic acid groups (broad SMARTS) is 1. The Labute approximate surface area is 255 Å². The number of hydrogen-bond acceptors (Lipinski definition) is 3. The number of benzene rings is 3. The van der Waals surface area contributed by atoms with Gasteiger partial charge in [0, 0.05) is 23.5 Å². The molecule has 1 aliphatic carbocycles. The summed E-state index contributed by atoms with van der Waals surface area (Å²) in [4.78, 5) is 24.4. The average Bonchev–Trinajstić information content (AvgIpc) is 2.99. The highest BCUT2D eigenvalue weighted by Crippen LogP contribution is 2.38. The summed E-state index contributed by atoms with van der Waals surface area (Å²) in [5.74, 6) is -1.63. The van der Waals surface area contributed by atoms with Crippen molar-refractivity contribution in [2.24, 2.45) is 0 Å². The average molecular weight is 635 g/mol. The Balaban J connectivity index is 1.61. The van der Waals surface area contributed by atoms with Gasteiger partial charge in [0.2, 0.25) is 0 Å². The second kappa shape index (κ2) is 14.0. The van der Waals surface area contributed by atoms with Crippen LogP contribution < -0.4 is 15.5 Å². The van der Waals surface area contributed by atoms with E-state index in [9.17, 15) is 35.9 Å². The Kier molecular flexibility index (Phi) is 10.4. The Morgan fingerprint density at radius 3 is 1.96 bits per heavy atom. The van der Waals surface area contributed by atoms with Gasteiger partial charge in [0.05, 0.1) is 24.1 Å². The summed E-state index contributed by atoms with van der Waals surface area (Å²) in [5.41, 5.74) is -1.14. The molecule has 0 aliphatic heterocycles. The maximum atomic E-state index is 13.5. The second-order valence-corrected chi connectivity index (χ2v) is 10.9.